The predicted octanol–water partition coefficient (Wildman–Crippen LogP) is 1.01. The zero-order chi connectivity index (χ0) is 13.8. The molecule has 0 saturated carbocycles. The fourth-order valence-electron chi connectivity index (χ4n) is 1.56. The SMILES string of the molecule is CN(CC(C)(C)CN)C(=O)c1ccc(C#N)cn1. The van der Waals surface area contributed by atoms with Gasteiger partial charge in [0.25, 0.3) is 5.91 Å². The van der Waals surface area contributed by atoms with Gasteiger partial charge in [-0.05, 0) is 24.1 Å². The molecule has 1 aromatic heterocycles. The van der Waals surface area contributed by atoms with E-state index in [4.69, 9.17) is 11.0 Å². The molecule has 0 bridgehead atoms. The molecule has 0 aliphatic heterocycles. The van der Waals surface area contributed by atoms with Crippen LogP contribution >= 0.6 is 0 Å². The Kier molecular flexibility index (Phi) is 4.40. The number of nitrogens with two attached hydrogens (primary N) is 1. The molecule has 0 unspecified atom stereocenters. The quantitative estimate of drug-likeness (QED) is 0.859. The van der Waals surface area contributed by atoms with E-state index in [0.717, 1.165) is 0 Å². The van der Waals surface area contributed by atoms with Gasteiger partial charge >= 0.3 is 0 Å². The van der Waals surface area contributed by atoms with E-state index in [-0.39, 0.29) is 11.3 Å². The fraction of sp³-hybridized carbons (Fsp3) is 0.462. The van der Waals surface area contributed by atoms with Crippen molar-refractivity contribution in [3.8, 4) is 6.07 Å². The van der Waals surface area contributed by atoms with Gasteiger partial charge in [0.05, 0.1) is 5.56 Å². The highest BCUT2D eigenvalue weighted by molar-refractivity contribution is 5.92. The average molecular weight is 246 g/mol. The molecule has 1 heterocycles. The van der Waals surface area contributed by atoms with Crippen molar-refractivity contribution in [1.29, 1.82) is 5.26 Å². The van der Waals surface area contributed by atoms with Crippen LogP contribution in [0, 0.1) is 16.7 Å². The minimum atomic E-state index is -0.166. The Morgan fingerprint density at radius 3 is 2.67 bits per heavy atom. The number of carbonyl (C=O) groups excluding carboxylic acids is 1. The minimum Gasteiger partial charge on any atom is -0.340 e. The molecule has 0 atom stereocenters. The standard InChI is InChI=1S/C13H18N4O/c1-13(2,8-15)9-17(3)12(18)11-5-4-10(6-14)7-16-11/h4-5,7H,8-9,15H2,1-3H3. The Balaban J connectivity index is 2.77. The number of aromatic nitrogens is 1. The zero-order valence-electron chi connectivity index (χ0n) is 11.0. The molecule has 0 aliphatic rings. The van der Waals surface area contributed by atoms with Gasteiger partial charge in [0.1, 0.15) is 11.8 Å². The summed E-state index contributed by atoms with van der Waals surface area (Å²) in [5.41, 5.74) is 6.29. The number of carbonyl (C=O) groups is 1. The van der Waals surface area contributed by atoms with Gasteiger partial charge in [-0.2, -0.15) is 5.26 Å². The van der Waals surface area contributed by atoms with Gasteiger partial charge in [-0.25, -0.2) is 4.98 Å². The van der Waals surface area contributed by atoms with Crippen LogP contribution in [-0.2, 0) is 0 Å². The molecule has 0 saturated heterocycles. The summed E-state index contributed by atoms with van der Waals surface area (Å²) >= 11 is 0. The molecule has 0 radical (unpaired) electrons. The van der Waals surface area contributed by atoms with Crippen LogP contribution in [0.25, 0.3) is 0 Å². The summed E-state index contributed by atoms with van der Waals surface area (Å²) in [6.07, 6.45) is 1.40. The second-order valence-electron chi connectivity index (χ2n) is 5.07. The van der Waals surface area contributed by atoms with Gasteiger partial charge in [-0.3, -0.25) is 4.79 Å². The third-order valence-electron chi connectivity index (χ3n) is 2.68. The fourth-order valence-corrected chi connectivity index (χ4v) is 1.56. The maximum Gasteiger partial charge on any atom is 0.272 e. The van der Waals surface area contributed by atoms with Crippen molar-refractivity contribution < 1.29 is 4.79 Å². The number of nitriles is 1. The molecule has 0 aliphatic carbocycles. The lowest BCUT2D eigenvalue weighted by molar-refractivity contribution is 0.0735. The number of pyridine rings is 1. The number of hydrogen-bond acceptors (Lipinski definition) is 4. The van der Waals surface area contributed by atoms with E-state index in [2.05, 4.69) is 4.98 Å². The molecule has 1 rings (SSSR count). The van der Waals surface area contributed by atoms with E-state index in [1.807, 2.05) is 19.9 Å². The van der Waals surface area contributed by atoms with Crippen LogP contribution < -0.4 is 5.73 Å². The molecule has 1 aromatic rings. The number of hydrogen-bond donors (Lipinski definition) is 1. The molecule has 1 amide bonds. The highest BCUT2D eigenvalue weighted by Gasteiger charge is 2.22. The Morgan fingerprint density at radius 1 is 1.56 bits per heavy atom. The van der Waals surface area contributed by atoms with Crippen molar-refractivity contribution in [2.45, 2.75) is 13.8 Å². The highest BCUT2D eigenvalue weighted by atomic mass is 16.2. The summed E-state index contributed by atoms with van der Waals surface area (Å²) in [6, 6.07) is 5.11. The predicted molar refractivity (Wildman–Crippen MR) is 68.7 cm³/mol. The molecule has 2 N–H and O–H groups in total. The summed E-state index contributed by atoms with van der Waals surface area (Å²) in [7, 11) is 1.72. The highest BCUT2D eigenvalue weighted by Crippen LogP contribution is 2.15. The van der Waals surface area contributed by atoms with Gasteiger partial charge < -0.3 is 10.6 Å². The average Bonchev–Trinajstić information content (AvgIpc) is 2.37. The molecule has 0 fully saturated rings. The summed E-state index contributed by atoms with van der Waals surface area (Å²) in [5, 5.41) is 8.66. The first-order valence-electron chi connectivity index (χ1n) is 5.71. The van der Waals surface area contributed by atoms with Crippen molar-refractivity contribution in [3.05, 3.63) is 29.6 Å². The van der Waals surface area contributed by atoms with Crippen molar-refractivity contribution in [3.63, 3.8) is 0 Å². The first-order valence-corrected chi connectivity index (χ1v) is 5.71. The van der Waals surface area contributed by atoms with Crippen LogP contribution in [0.3, 0.4) is 0 Å². The lowest BCUT2D eigenvalue weighted by Gasteiger charge is -2.28. The van der Waals surface area contributed by atoms with Crippen LogP contribution in [0.5, 0.6) is 0 Å². The summed E-state index contributed by atoms with van der Waals surface area (Å²) in [6.45, 7) is 5.07. The Morgan fingerprint density at radius 2 is 2.22 bits per heavy atom. The molecule has 18 heavy (non-hydrogen) atoms. The maximum absolute atomic E-state index is 12.1. The lowest BCUT2D eigenvalue weighted by atomic mass is 9.93. The molecule has 0 aromatic carbocycles. The van der Waals surface area contributed by atoms with Crippen molar-refractivity contribution in [2.75, 3.05) is 20.1 Å². The van der Waals surface area contributed by atoms with Crippen molar-refractivity contribution in [1.82, 2.24) is 9.88 Å². The molecular weight excluding hydrogens is 228 g/mol. The first-order chi connectivity index (χ1) is 8.39. The van der Waals surface area contributed by atoms with E-state index in [9.17, 15) is 4.79 Å². The van der Waals surface area contributed by atoms with Crippen molar-refractivity contribution in [2.24, 2.45) is 11.1 Å². The number of rotatable bonds is 4. The first kappa shape index (κ1) is 14.1. The lowest BCUT2D eigenvalue weighted by Crippen LogP contribution is -2.40. The van der Waals surface area contributed by atoms with E-state index in [1.54, 1.807) is 24.1 Å². The Hall–Kier alpha value is -1.93. The second-order valence-corrected chi connectivity index (χ2v) is 5.07. The van der Waals surface area contributed by atoms with E-state index in [1.165, 1.54) is 6.20 Å². The van der Waals surface area contributed by atoms with Crippen LogP contribution in [0.15, 0.2) is 18.3 Å². The van der Waals surface area contributed by atoms with Gasteiger partial charge in [-0.1, -0.05) is 13.8 Å². The van der Waals surface area contributed by atoms with Crippen LogP contribution in [-0.4, -0.2) is 35.9 Å². The number of nitrogens with zero attached hydrogens (tertiary/aromatic N) is 3. The second kappa shape index (κ2) is 5.61. The molecular formula is C13H18N4O. The summed E-state index contributed by atoms with van der Waals surface area (Å²) in [5.74, 6) is -0.166. The Bertz CT molecular complexity index is 459. The molecule has 5 nitrogen and oxygen atoms in total. The molecule has 0 spiro atoms. The van der Waals surface area contributed by atoms with Crippen LogP contribution in [0.2, 0.25) is 0 Å². The van der Waals surface area contributed by atoms with Crippen molar-refractivity contribution >= 4 is 5.91 Å². The van der Waals surface area contributed by atoms with Gasteiger partial charge in [0.2, 0.25) is 0 Å². The molecule has 5 heteroatoms. The maximum atomic E-state index is 12.1. The monoisotopic (exact) mass is 246 g/mol. The zero-order valence-corrected chi connectivity index (χ0v) is 11.0. The third-order valence-corrected chi connectivity index (χ3v) is 2.68. The van der Waals surface area contributed by atoms with Gasteiger partial charge in [-0.15, -0.1) is 0 Å². The van der Waals surface area contributed by atoms with E-state index >= 15 is 0 Å². The largest absolute Gasteiger partial charge is 0.340 e. The summed E-state index contributed by atoms with van der Waals surface area (Å²) in [4.78, 5) is 17.7. The minimum absolute atomic E-state index is 0.128. The number of amides is 1. The Labute approximate surface area is 107 Å². The smallest absolute Gasteiger partial charge is 0.272 e. The topological polar surface area (TPSA) is 83.0 Å². The van der Waals surface area contributed by atoms with Gasteiger partial charge in [0, 0.05) is 19.8 Å². The summed E-state index contributed by atoms with van der Waals surface area (Å²) < 4.78 is 0. The third kappa shape index (κ3) is 3.54. The van der Waals surface area contributed by atoms with Crippen LogP contribution in [0.1, 0.15) is 29.9 Å². The van der Waals surface area contributed by atoms with Crippen LogP contribution in [0.4, 0.5) is 0 Å². The van der Waals surface area contributed by atoms with E-state index in [0.29, 0.717) is 24.3 Å². The normalized spacial score (nSPS) is 10.8. The van der Waals surface area contributed by atoms with E-state index < -0.39 is 0 Å². The van der Waals surface area contributed by atoms with Gasteiger partial charge in [0.15, 0.2) is 0 Å². The molecule has 96 valence electrons.